The lowest BCUT2D eigenvalue weighted by molar-refractivity contribution is -0.114. The highest BCUT2D eigenvalue weighted by molar-refractivity contribution is 7.89. The number of nitrogens with zero attached hydrogens (tertiary/aromatic N) is 1. The normalized spacial score (nSPS) is 19.3. The zero-order valence-corrected chi connectivity index (χ0v) is 15.8. The molecule has 1 unspecified atom stereocenters. The summed E-state index contributed by atoms with van der Waals surface area (Å²) in [6, 6.07) is 10.3. The van der Waals surface area contributed by atoms with Crippen molar-refractivity contribution in [2.45, 2.75) is 43.5 Å². The van der Waals surface area contributed by atoms with E-state index in [2.05, 4.69) is 5.32 Å². The maximum atomic E-state index is 13.2. The summed E-state index contributed by atoms with van der Waals surface area (Å²) in [6.45, 7) is 1.96. The number of nitrogens with one attached hydrogen (secondary N) is 1. The molecule has 1 atom stereocenters. The molecule has 1 aliphatic rings. The highest BCUT2D eigenvalue weighted by Crippen LogP contribution is 2.36. The monoisotopic (exact) mass is 378 g/mol. The number of amides is 1. The van der Waals surface area contributed by atoms with Crippen molar-refractivity contribution < 1.29 is 13.2 Å². The third-order valence-corrected chi connectivity index (χ3v) is 7.25. The number of benzene rings is 1. The molecule has 2 heterocycles. The summed E-state index contributed by atoms with van der Waals surface area (Å²) in [4.78, 5) is 12.5. The fraction of sp³-hybridized carbons (Fsp3) is 0.389. The molecule has 5 nitrogen and oxygen atoms in total. The van der Waals surface area contributed by atoms with Gasteiger partial charge in [0.15, 0.2) is 0 Å². The van der Waals surface area contributed by atoms with Crippen LogP contribution in [0, 0.1) is 0 Å². The number of thiophene rings is 1. The standard InChI is InChI=1S/C18H22N2O3S2/c1-14(21)19-15-8-10-16(11-9-15)25(22,23)20-12-4-2-3-6-17(20)18-7-5-13-24-18/h5,7-11,13,17H,2-4,6,12H2,1H3,(H,19,21). The van der Waals surface area contributed by atoms with Crippen LogP contribution in [-0.4, -0.2) is 25.2 Å². The Morgan fingerprint density at radius 2 is 1.92 bits per heavy atom. The van der Waals surface area contributed by atoms with Gasteiger partial charge in [-0.3, -0.25) is 4.79 Å². The largest absolute Gasteiger partial charge is 0.326 e. The van der Waals surface area contributed by atoms with Gasteiger partial charge in [-0.2, -0.15) is 4.31 Å². The molecule has 1 amide bonds. The van der Waals surface area contributed by atoms with Gasteiger partial charge in [-0.05, 0) is 48.6 Å². The van der Waals surface area contributed by atoms with Gasteiger partial charge in [0.2, 0.25) is 15.9 Å². The van der Waals surface area contributed by atoms with Gasteiger partial charge in [-0.15, -0.1) is 11.3 Å². The van der Waals surface area contributed by atoms with E-state index in [4.69, 9.17) is 0 Å². The van der Waals surface area contributed by atoms with E-state index in [1.165, 1.54) is 6.92 Å². The second-order valence-corrected chi connectivity index (χ2v) is 9.07. The Kier molecular flexibility index (Phi) is 5.56. The Balaban J connectivity index is 1.91. The third kappa shape index (κ3) is 4.11. The average molecular weight is 379 g/mol. The van der Waals surface area contributed by atoms with Crippen molar-refractivity contribution in [3.63, 3.8) is 0 Å². The Morgan fingerprint density at radius 3 is 2.56 bits per heavy atom. The molecule has 0 saturated carbocycles. The van der Waals surface area contributed by atoms with E-state index in [9.17, 15) is 13.2 Å². The van der Waals surface area contributed by atoms with E-state index < -0.39 is 10.0 Å². The fourth-order valence-electron chi connectivity index (χ4n) is 3.18. The smallest absolute Gasteiger partial charge is 0.243 e. The van der Waals surface area contributed by atoms with Crippen LogP contribution in [0.5, 0.6) is 0 Å². The van der Waals surface area contributed by atoms with Gasteiger partial charge in [0.25, 0.3) is 0 Å². The molecular formula is C18H22N2O3S2. The van der Waals surface area contributed by atoms with Crippen molar-refractivity contribution in [2.75, 3.05) is 11.9 Å². The van der Waals surface area contributed by atoms with Gasteiger partial charge >= 0.3 is 0 Å². The third-order valence-electron chi connectivity index (χ3n) is 4.36. The predicted molar refractivity (Wildman–Crippen MR) is 100 cm³/mol. The lowest BCUT2D eigenvalue weighted by Gasteiger charge is -2.28. The lowest BCUT2D eigenvalue weighted by Crippen LogP contribution is -2.34. The number of carbonyl (C=O) groups excluding carboxylic acids is 1. The molecule has 1 fully saturated rings. The second-order valence-electron chi connectivity index (χ2n) is 6.20. The summed E-state index contributed by atoms with van der Waals surface area (Å²) in [5, 5.41) is 4.65. The average Bonchev–Trinajstić information content (AvgIpc) is 2.98. The molecule has 0 aliphatic carbocycles. The summed E-state index contributed by atoms with van der Waals surface area (Å²) in [7, 11) is -3.58. The second kappa shape index (κ2) is 7.68. The minimum absolute atomic E-state index is 0.0949. The summed E-state index contributed by atoms with van der Waals surface area (Å²) in [5.41, 5.74) is 0.595. The summed E-state index contributed by atoms with van der Waals surface area (Å²) in [5.74, 6) is -0.180. The molecular weight excluding hydrogens is 356 g/mol. The molecule has 1 N–H and O–H groups in total. The Bertz CT molecular complexity index is 815. The van der Waals surface area contributed by atoms with Crippen molar-refractivity contribution in [1.29, 1.82) is 0 Å². The number of carbonyl (C=O) groups is 1. The van der Waals surface area contributed by atoms with Crippen molar-refractivity contribution in [3.05, 3.63) is 46.7 Å². The maximum Gasteiger partial charge on any atom is 0.243 e. The first kappa shape index (κ1) is 18.1. The van der Waals surface area contributed by atoms with E-state index >= 15 is 0 Å². The molecule has 1 saturated heterocycles. The fourth-order valence-corrected chi connectivity index (χ4v) is 5.80. The lowest BCUT2D eigenvalue weighted by atomic mass is 10.1. The molecule has 1 aromatic heterocycles. The van der Waals surface area contributed by atoms with Crippen LogP contribution in [0.25, 0.3) is 0 Å². The Hall–Kier alpha value is -1.70. The van der Waals surface area contributed by atoms with Crippen LogP contribution in [0.2, 0.25) is 0 Å². The first-order valence-electron chi connectivity index (χ1n) is 8.41. The van der Waals surface area contributed by atoms with Gasteiger partial charge in [-0.1, -0.05) is 18.9 Å². The molecule has 1 aliphatic heterocycles. The van der Waals surface area contributed by atoms with Crippen molar-refractivity contribution in [1.82, 2.24) is 4.31 Å². The predicted octanol–water partition coefficient (Wildman–Crippen LogP) is 4.01. The summed E-state index contributed by atoms with van der Waals surface area (Å²) < 4.78 is 28.1. The first-order chi connectivity index (χ1) is 12.0. The minimum atomic E-state index is -3.58. The van der Waals surface area contributed by atoms with Crippen molar-refractivity contribution >= 4 is 33.0 Å². The van der Waals surface area contributed by atoms with Crippen LogP contribution in [0.4, 0.5) is 5.69 Å². The molecule has 7 heteroatoms. The number of sulfonamides is 1. The van der Waals surface area contributed by atoms with Crippen LogP contribution in [0.15, 0.2) is 46.7 Å². The van der Waals surface area contributed by atoms with E-state index in [-0.39, 0.29) is 16.8 Å². The van der Waals surface area contributed by atoms with Gasteiger partial charge in [0.1, 0.15) is 0 Å². The molecule has 0 bridgehead atoms. The number of rotatable bonds is 4. The van der Waals surface area contributed by atoms with Gasteiger partial charge < -0.3 is 5.32 Å². The molecule has 1 aromatic carbocycles. The Morgan fingerprint density at radius 1 is 1.16 bits per heavy atom. The topological polar surface area (TPSA) is 66.5 Å². The van der Waals surface area contributed by atoms with Crippen LogP contribution in [-0.2, 0) is 14.8 Å². The maximum absolute atomic E-state index is 13.2. The van der Waals surface area contributed by atoms with Gasteiger partial charge in [-0.25, -0.2) is 8.42 Å². The number of hydrogen-bond donors (Lipinski definition) is 1. The number of hydrogen-bond acceptors (Lipinski definition) is 4. The summed E-state index contributed by atoms with van der Waals surface area (Å²) in [6.07, 6.45) is 3.82. The Labute approximate surface area is 152 Å². The van der Waals surface area contributed by atoms with Crippen LogP contribution in [0.1, 0.15) is 43.5 Å². The first-order valence-corrected chi connectivity index (χ1v) is 10.7. The number of anilines is 1. The van der Waals surface area contributed by atoms with Crippen molar-refractivity contribution in [3.8, 4) is 0 Å². The van der Waals surface area contributed by atoms with E-state index in [0.717, 1.165) is 30.6 Å². The van der Waals surface area contributed by atoms with E-state index in [1.807, 2.05) is 17.5 Å². The SMILES string of the molecule is CC(=O)Nc1ccc(S(=O)(=O)N2CCCCCC2c2cccs2)cc1. The minimum Gasteiger partial charge on any atom is -0.326 e. The van der Waals surface area contributed by atoms with E-state index in [0.29, 0.717) is 12.2 Å². The molecule has 0 radical (unpaired) electrons. The zero-order valence-electron chi connectivity index (χ0n) is 14.1. The van der Waals surface area contributed by atoms with Crippen LogP contribution < -0.4 is 5.32 Å². The quantitative estimate of drug-likeness (QED) is 0.874. The molecule has 25 heavy (non-hydrogen) atoms. The zero-order chi connectivity index (χ0) is 17.9. The van der Waals surface area contributed by atoms with Crippen LogP contribution >= 0.6 is 11.3 Å². The van der Waals surface area contributed by atoms with Crippen molar-refractivity contribution in [2.24, 2.45) is 0 Å². The van der Waals surface area contributed by atoms with Gasteiger partial charge in [0, 0.05) is 24.0 Å². The van der Waals surface area contributed by atoms with E-state index in [1.54, 1.807) is 39.9 Å². The highest BCUT2D eigenvalue weighted by Gasteiger charge is 2.33. The molecule has 3 rings (SSSR count). The highest BCUT2D eigenvalue weighted by atomic mass is 32.2. The molecule has 2 aromatic rings. The summed E-state index contributed by atoms with van der Waals surface area (Å²) >= 11 is 1.61. The van der Waals surface area contributed by atoms with Gasteiger partial charge in [0.05, 0.1) is 10.9 Å². The van der Waals surface area contributed by atoms with Crippen LogP contribution in [0.3, 0.4) is 0 Å². The molecule has 0 spiro atoms. The molecule has 134 valence electrons.